The van der Waals surface area contributed by atoms with Crippen LogP contribution in [0.15, 0.2) is 58.5 Å². The normalized spacial score (nSPS) is 17.2. The first-order chi connectivity index (χ1) is 15.7. The number of ether oxygens (including phenoxy) is 1. The molecule has 0 saturated heterocycles. The quantitative estimate of drug-likeness (QED) is 0.275. The molecule has 1 N–H and O–H groups in total. The third kappa shape index (κ3) is 5.89. The molecule has 1 atom stereocenters. The Morgan fingerprint density at radius 3 is 2.58 bits per heavy atom. The third-order valence-corrected chi connectivity index (χ3v) is 8.25. The van der Waals surface area contributed by atoms with Crippen LogP contribution < -0.4 is 9.64 Å². The lowest BCUT2D eigenvalue weighted by molar-refractivity contribution is -0.135. The van der Waals surface area contributed by atoms with E-state index in [1.807, 2.05) is 11.8 Å². The van der Waals surface area contributed by atoms with E-state index in [0.29, 0.717) is 28.6 Å². The van der Waals surface area contributed by atoms with Gasteiger partial charge < -0.3 is 14.7 Å². The largest absolute Gasteiger partial charge is 0.475 e. The predicted molar refractivity (Wildman–Crippen MR) is 129 cm³/mol. The van der Waals surface area contributed by atoms with Crippen LogP contribution in [0.4, 0.5) is 15.8 Å². The van der Waals surface area contributed by atoms with Crippen molar-refractivity contribution in [3.05, 3.63) is 54.6 Å². The molecule has 178 valence electrons. The van der Waals surface area contributed by atoms with Crippen molar-refractivity contribution >= 4 is 38.9 Å². The number of hydrogen-bond acceptors (Lipinski definition) is 6. The van der Waals surface area contributed by atoms with Gasteiger partial charge in [0.25, 0.3) is 0 Å². The summed E-state index contributed by atoms with van der Waals surface area (Å²) >= 11 is 1.41. The van der Waals surface area contributed by atoms with Crippen molar-refractivity contribution in [3.63, 3.8) is 0 Å². The van der Waals surface area contributed by atoms with Crippen LogP contribution in [-0.4, -0.2) is 37.5 Å². The van der Waals surface area contributed by atoms with E-state index in [9.17, 15) is 22.7 Å². The molecule has 3 rings (SSSR count). The highest BCUT2D eigenvalue weighted by molar-refractivity contribution is 7.99. The van der Waals surface area contributed by atoms with Gasteiger partial charge in [0.2, 0.25) is 5.76 Å². The summed E-state index contributed by atoms with van der Waals surface area (Å²) in [6.07, 6.45) is 2.60. The number of nitrogens with zero attached hydrogens (tertiary/aromatic N) is 1. The molecular formula is C24H28FNO5S2. The van der Waals surface area contributed by atoms with Gasteiger partial charge in [-0.2, -0.15) is 0 Å². The minimum atomic E-state index is -3.70. The summed E-state index contributed by atoms with van der Waals surface area (Å²) in [5, 5.41) is 9.19. The van der Waals surface area contributed by atoms with Crippen molar-refractivity contribution in [1.82, 2.24) is 0 Å². The van der Waals surface area contributed by atoms with E-state index in [0.717, 1.165) is 19.3 Å². The van der Waals surface area contributed by atoms with Crippen LogP contribution in [0.2, 0.25) is 0 Å². The number of fused-ring (bicyclic) bond motifs is 1. The van der Waals surface area contributed by atoms with E-state index in [2.05, 4.69) is 13.5 Å². The Labute approximate surface area is 198 Å². The number of rotatable bonds is 9. The lowest BCUT2D eigenvalue weighted by Crippen LogP contribution is -2.26. The molecule has 9 heteroatoms. The van der Waals surface area contributed by atoms with Gasteiger partial charge in [-0.3, -0.25) is 0 Å². The van der Waals surface area contributed by atoms with Crippen molar-refractivity contribution < 1.29 is 27.4 Å². The molecule has 1 aliphatic heterocycles. The Morgan fingerprint density at radius 1 is 1.27 bits per heavy atom. The summed E-state index contributed by atoms with van der Waals surface area (Å²) in [6.45, 7) is 7.87. The van der Waals surface area contributed by atoms with Gasteiger partial charge in [0.15, 0.2) is 9.84 Å². The summed E-state index contributed by atoms with van der Waals surface area (Å²) in [7, 11) is -3.70. The first-order valence-electron chi connectivity index (χ1n) is 10.8. The molecule has 33 heavy (non-hydrogen) atoms. The Bertz CT molecular complexity index is 1130. The maximum absolute atomic E-state index is 13.6. The third-order valence-electron chi connectivity index (χ3n) is 5.42. The fraction of sp³-hybridized carbons (Fsp3) is 0.375. The lowest BCUT2D eigenvalue weighted by Gasteiger charge is -2.28. The molecule has 1 aliphatic rings. The van der Waals surface area contributed by atoms with E-state index < -0.39 is 21.6 Å². The van der Waals surface area contributed by atoms with Crippen molar-refractivity contribution in [2.24, 2.45) is 5.92 Å². The number of benzene rings is 2. The number of carbonyl (C=O) groups is 1. The molecule has 6 nitrogen and oxygen atoms in total. The maximum atomic E-state index is 13.6. The van der Waals surface area contributed by atoms with E-state index >= 15 is 0 Å². The number of carboxylic acids is 1. The van der Waals surface area contributed by atoms with Crippen LogP contribution in [-0.2, 0) is 14.6 Å². The van der Waals surface area contributed by atoms with Gasteiger partial charge in [0.05, 0.1) is 21.2 Å². The van der Waals surface area contributed by atoms with Gasteiger partial charge in [0.1, 0.15) is 11.6 Å². The summed E-state index contributed by atoms with van der Waals surface area (Å²) in [4.78, 5) is 13.8. The number of sulfone groups is 1. The molecule has 2 aromatic rings. The van der Waals surface area contributed by atoms with Crippen molar-refractivity contribution in [3.8, 4) is 5.75 Å². The first kappa shape index (κ1) is 25.1. The van der Waals surface area contributed by atoms with Gasteiger partial charge in [-0.25, -0.2) is 17.6 Å². The molecule has 0 saturated carbocycles. The van der Waals surface area contributed by atoms with Crippen molar-refractivity contribution in [1.29, 1.82) is 0 Å². The molecule has 0 fully saturated rings. The molecule has 2 aromatic carbocycles. The summed E-state index contributed by atoms with van der Waals surface area (Å²) < 4.78 is 46.0. The van der Waals surface area contributed by atoms with Gasteiger partial charge in [-0.1, -0.05) is 26.7 Å². The van der Waals surface area contributed by atoms with Crippen LogP contribution in [0.25, 0.3) is 0 Å². The Morgan fingerprint density at radius 2 is 1.97 bits per heavy atom. The molecule has 0 radical (unpaired) electrons. The van der Waals surface area contributed by atoms with Gasteiger partial charge in [-0.05, 0) is 55.0 Å². The first-order valence-corrected chi connectivity index (χ1v) is 13.5. The minimum Gasteiger partial charge on any atom is -0.475 e. The Kier molecular flexibility index (Phi) is 8.07. The monoisotopic (exact) mass is 493 g/mol. The Hall–Kier alpha value is -2.52. The van der Waals surface area contributed by atoms with E-state index in [1.54, 1.807) is 18.2 Å². The number of halogens is 1. The fourth-order valence-electron chi connectivity index (χ4n) is 3.86. The molecule has 0 aromatic heterocycles. The van der Waals surface area contributed by atoms with Crippen LogP contribution >= 0.6 is 11.8 Å². The Balaban J connectivity index is 2.20. The zero-order valence-electron chi connectivity index (χ0n) is 18.7. The van der Waals surface area contributed by atoms with Crippen molar-refractivity contribution in [2.45, 2.75) is 42.9 Å². The topological polar surface area (TPSA) is 83.9 Å². The standard InChI is InChI=1S/C24H28FNO5S2/c1-4-6-7-17-14-26(19-10-8-18(25)9-11-19)20-12-22(32-5-2)21(31-16(3)24(27)28)13-23(20)33(29,30)15-17/h8-13,17H,3-7,14-15H2,1-2H3,(H,27,28). The van der Waals surface area contributed by atoms with Crippen LogP contribution in [0, 0.1) is 11.7 Å². The molecule has 1 heterocycles. The predicted octanol–water partition coefficient (Wildman–Crippen LogP) is 5.65. The highest BCUT2D eigenvalue weighted by atomic mass is 32.2. The fourth-order valence-corrected chi connectivity index (χ4v) is 6.45. The minimum absolute atomic E-state index is 0.0305. The molecule has 1 unspecified atom stereocenters. The maximum Gasteiger partial charge on any atom is 0.371 e. The number of hydrogen-bond donors (Lipinski definition) is 1. The average Bonchev–Trinajstić information content (AvgIpc) is 2.87. The van der Waals surface area contributed by atoms with E-state index in [-0.39, 0.29) is 28.1 Å². The number of aliphatic carboxylic acids is 1. The summed E-state index contributed by atoms with van der Waals surface area (Å²) in [5.41, 5.74) is 1.16. The smallest absolute Gasteiger partial charge is 0.371 e. The van der Waals surface area contributed by atoms with E-state index in [1.165, 1.54) is 30.0 Å². The average molecular weight is 494 g/mol. The summed E-state index contributed by atoms with van der Waals surface area (Å²) in [5.74, 6) is -1.53. The number of carboxylic acid groups (broad SMARTS) is 1. The second-order valence-corrected chi connectivity index (χ2v) is 11.2. The number of unbranched alkanes of at least 4 members (excludes halogenated alkanes) is 1. The molecule has 0 bridgehead atoms. The van der Waals surface area contributed by atoms with E-state index in [4.69, 9.17) is 4.74 Å². The van der Waals surface area contributed by atoms with Crippen LogP contribution in [0.5, 0.6) is 5.75 Å². The molecule has 0 aliphatic carbocycles. The van der Waals surface area contributed by atoms with Gasteiger partial charge >= 0.3 is 5.97 Å². The zero-order valence-corrected chi connectivity index (χ0v) is 20.3. The second-order valence-electron chi connectivity index (χ2n) is 7.91. The lowest BCUT2D eigenvalue weighted by atomic mass is 10.0. The van der Waals surface area contributed by atoms with Gasteiger partial charge in [-0.15, -0.1) is 11.8 Å². The second kappa shape index (κ2) is 10.6. The van der Waals surface area contributed by atoms with Crippen LogP contribution in [0.1, 0.15) is 33.1 Å². The van der Waals surface area contributed by atoms with Crippen LogP contribution in [0.3, 0.4) is 0 Å². The molecular weight excluding hydrogens is 465 g/mol. The number of anilines is 2. The SMILES string of the molecule is C=C(Oc1cc2c(cc1SCC)N(c1ccc(F)cc1)CC(CCCC)CS2(=O)=O)C(=O)O. The van der Waals surface area contributed by atoms with Crippen molar-refractivity contribution in [2.75, 3.05) is 23.0 Å². The zero-order chi connectivity index (χ0) is 24.2. The number of thioether (sulfide) groups is 1. The summed E-state index contributed by atoms with van der Waals surface area (Å²) in [6, 6.07) is 9.10. The van der Waals surface area contributed by atoms with Gasteiger partial charge in [0, 0.05) is 18.3 Å². The highest BCUT2D eigenvalue weighted by Gasteiger charge is 2.34. The molecule has 0 amide bonds. The molecule has 0 spiro atoms. The highest BCUT2D eigenvalue weighted by Crippen LogP contribution is 2.44.